The Bertz CT molecular complexity index is 527. The molecule has 4 heteroatoms. The Balaban J connectivity index is 1.66. The number of nitrogens with zero attached hydrogens (tertiary/aromatic N) is 3. The third-order valence-electron chi connectivity index (χ3n) is 4.83. The van der Waals surface area contributed by atoms with Crippen LogP contribution in [0.4, 0.5) is 0 Å². The molecule has 20 heavy (non-hydrogen) atoms. The molecule has 1 aromatic rings. The summed E-state index contributed by atoms with van der Waals surface area (Å²) in [5.41, 5.74) is 2.43. The van der Waals surface area contributed by atoms with E-state index in [1.807, 2.05) is 6.07 Å². The maximum atomic E-state index is 12.1. The second kappa shape index (κ2) is 5.68. The minimum atomic E-state index is 0.0944. The van der Waals surface area contributed by atoms with Gasteiger partial charge in [-0.1, -0.05) is 0 Å². The molecule has 1 aromatic heterocycles. The van der Waals surface area contributed by atoms with Gasteiger partial charge in [0.1, 0.15) is 0 Å². The van der Waals surface area contributed by atoms with Gasteiger partial charge in [0.25, 0.3) is 5.56 Å². The van der Waals surface area contributed by atoms with E-state index in [0.717, 1.165) is 44.6 Å². The Morgan fingerprint density at radius 1 is 1.30 bits per heavy atom. The lowest BCUT2D eigenvalue weighted by molar-refractivity contribution is 0.139. The van der Waals surface area contributed by atoms with Gasteiger partial charge in [0.15, 0.2) is 0 Å². The van der Waals surface area contributed by atoms with Crippen molar-refractivity contribution in [1.29, 1.82) is 0 Å². The molecule has 4 nitrogen and oxygen atoms in total. The molecule has 0 aromatic carbocycles. The number of hydrogen-bond donors (Lipinski definition) is 0. The highest BCUT2D eigenvalue weighted by Gasteiger charge is 2.22. The Morgan fingerprint density at radius 3 is 2.75 bits per heavy atom. The SMILES string of the molecule is CC(C)N1CCC(Cn2nc3c(cc2=O)CCC3)CC1. The number of aryl methyl sites for hydroxylation is 2. The largest absolute Gasteiger partial charge is 0.301 e. The molecule has 0 radical (unpaired) electrons. The van der Waals surface area contributed by atoms with Crippen molar-refractivity contribution in [3.8, 4) is 0 Å². The fourth-order valence-electron chi connectivity index (χ4n) is 3.47. The lowest BCUT2D eigenvalue weighted by Crippen LogP contribution is -2.40. The van der Waals surface area contributed by atoms with E-state index in [1.54, 1.807) is 4.68 Å². The van der Waals surface area contributed by atoms with E-state index >= 15 is 0 Å². The van der Waals surface area contributed by atoms with Gasteiger partial charge in [-0.2, -0.15) is 5.10 Å². The van der Waals surface area contributed by atoms with Crippen molar-refractivity contribution in [2.75, 3.05) is 13.1 Å². The number of rotatable bonds is 3. The van der Waals surface area contributed by atoms with Crippen molar-refractivity contribution >= 4 is 0 Å². The number of hydrogen-bond acceptors (Lipinski definition) is 3. The molecule has 0 N–H and O–H groups in total. The molecule has 1 aliphatic heterocycles. The van der Waals surface area contributed by atoms with Gasteiger partial charge in [-0.05, 0) is 70.5 Å². The van der Waals surface area contributed by atoms with Crippen LogP contribution in [0.2, 0.25) is 0 Å². The fourth-order valence-corrected chi connectivity index (χ4v) is 3.47. The number of likely N-dealkylation sites (tertiary alicyclic amines) is 1. The van der Waals surface area contributed by atoms with E-state index in [4.69, 9.17) is 0 Å². The van der Waals surface area contributed by atoms with Crippen LogP contribution in [0.15, 0.2) is 10.9 Å². The Hall–Kier alpha value is -1.16. The van der Waals surface area contributed by atoms with Crippen LogP contribution >= 0.6 is 0 Å². The van der Waals surface area contributed by atoms with E-state index in [1.165, 1.54) is 18.4 Å². The molecule has 2 aliphatic rings. The van der Waals surface area contributed by atoms with E-state index in [0.29, 0.717) is 12.0 Å². The number of piperidine rings is 1. The molecule has 0 amide bonds. The minimum Gasteiger partial charge on any atom is -0.301 e. The summed E-state index contributed by atoms with van der Waals surface area (Å²) in [6, 6.07) is 2.45. The van der Waals surface area contributed by atoms with Crippen LogP contribution in [-0.2, 0) is 19.4 Å². The van der Waals surface area contributed by atoms with Gasteiger partial charge < -0.3 is 4.90 Å². The molecule has 1 aliphatic carbocycles. The van der Waals surface area contributed by atoms with Crippen molar-refractivity contribution in [2.45, 2.75) is 58.5 Å². The van der Waals surface area contributed by atoms with Gasteiger partial charge in [0.05, 0.1) is 5.69 Å². The second-order valence-electron chi connectivity index (χ2n) is 6.56. The molecule has 2 heterocycles. The third-order valence-corrected chi connectivity index (χ3v) is 4.83. The van der Waals surface area contributed by atoms with Crippen LogP contribution in [0, 0.1) is 5.92 Å². The van der Waals surface area contributed by atoms with Crippen molar-refractivity contribution in [3.63, 3.8) is 0 Å². The van der Waals surface area contributed by atoms with Gasteiger partial charge in [0.2, 0.25) is 0 Å². The van der Waals surface area contributed by atoms with Crippen molar-refractivity contribution in [1.82, 2.24) is 14.7 Å². The first-order chi connectivity index (χ1) is 9.63. The molecule has 0 bridgehead atoms. The van der Waals surface area contributed by atoms with Crippen molar-refractivity contribution in [2.24, 2.45) is 5.92 Å². The zero-order valence-electron chi connectivity index (χ0n) is 12.6. The molecule has 0 atom stereocenters. The summed E-state index contributed by atoms with van der Waals surface area (Å²) in [7, 11) is 0. The number of aromatic nitrogens is 2. The summed E-state index contributed by atoms with van der Waals surface area (Å²) >= 11 is 0. The van der Waals surface area contributed by atoms with Crippen LogP contribution in [0.25, 0.3) is 0 Å². The van der Waals surface area contributed by atoms with Gasteiger partial charge in [-0.25, -0.2) is 4.68 Å². The lowest BCUT2D eigenvalue weighted by Gasteiger charge is -2.34. The van der Waals surface area contributed by atoms with Crippen molar-refractivity contribution < 1.29 is 0 Å². The van der Waals surface area contributed by atoms with Crippen LogP contribution in [-0.4, -0.2) is 33.8 Å². The highest BCUT2D eigenvalue weighted by Crippen LogP contribution is 2.21. The molecular weight excluding hydrogens is 250 g/mol. The summed E-state index contributed by atoms with van der Waals surface area (Å²) in [6.07, 6.45) is 5.60. The van der Waals surface area contributed by atoms with Crippen molar-refractivity contribution in [3.05, 3.63) is 27.7 Å². The maximum absolute atomic E-state index is 12.1. The molecule has 0 spiro atoms. The summed E-state index contributed by atoms with van der Waals surface area (Å²) in [5, 5.41) is 4.59. The first-order valence-corrected chi connectivity index (χ1v) is 7.97. The topological polar surface area (TPSA) is 38.1 Å². The van der Waals surface area contributed by atoms with Crippen LogP contribution in [0.5, 0.6) is 0 Å². The molecule has 1 fully saturated rings. The zero-order chi connectivity index (χ0) is 14.1. The van der Waals surface area contributed by atoms with Gasteiger partial charge in [-0.15, -0.1) is 0 Å². The van der Waals surface area contributed by atoms with Gasteiger partial charge in [-0.3, -0.25) is 4.79 Å². The Kier molecular flexibility index (Phi) is 3.92. The summed E-state index contributed by atoms with van der Waals surface area (Å²) in [4.78, 5) is 14.6. The molecule has 3 rings (SSSR count). The van der Waals surface area contributed by atoms with Gasteiger partial charge in [0, 0.05) is 18.7 Å². The summed E-state index contributed by atoms with van der Waals surface area (Å²) < 4.78 is 1.72. The number of fused-ring (bicyclic) bond motifs is 1. The highest BCUT2D eigenvalue weighted by molar-refractivity contribution is 5.22. The minimum absolute atomic E-state index is 0.0944. The van der Waals surface area contributed by atoms with Crippen LogP contribution in [0.1, 0.15) is 44.4 Å². The third kappa shape index (κ3) is 2.80. The van der Waals surface area contributed by atoms with E-state index < -0.39 is 0 Å². The normalized spacial score (nSPS) is 20.6. The molecule has 0 saturated carbocycles. The first-order valence-electron chi connectivity index (χ1n) is 7.97. The van der Waals surface area contributed by atoms with Gasteiger partial charge >= 0.3 is 0 Å². The fraction of sp³-hybridized carbons (Fsp3) is 0.750. The molecule has 0 unspecified atom stereocenters. The second-order valence-corrected chi connectivity index (χ2v) is 6.56. The van der Waals surface area contributed by atoms with E-state index in [9.17, 15) is 4.79 Å². The quantitative estimate of drug-likeness (QED) is 0.845. The predicted octanol–water partition coefficient (Wildman–Crippen LogP) is 1.85. The highest BCUT2D eigenvalue weighted by atomic mass is 16.1. The molecule has 110 valence electrons. The molecule has 1 saturated heterocycles. The monoisotopic (exact) mass is 275 g/mol. The first kappa shape index (κ1) is 13.8. The average Bonchev–Trinajstić information content (AvgIpc) is 2.87. The lowest BCUT2D eigenvalue weighted by atomic mass is 9.96. The predicted molar refractivity (Wildman–Crippen MR) is 80.0 cm³/mol. The maximum Gasteiger partial charge on any atom is 0.267 e. The van der Waals surface area contributed by atoms with Crippen LogP contribution in [0.3, 0.4) is 0 Å². The molecular formula is C16H25N3O. The Morgan fingerprint density at radius 2 is 2.05 bits per heavy atom. The standard InChI is InChI=1S/C16H25N3O/c1-12(2)18-8-6-13(7-9-18)11-19-16(20)10-14-4-3-5-15(14)17-19/h10,12-13H,3-9,11H2,1-2H3. The van der Waals surface area contributed by atoms with E-state index in [2.05, 4.69) is 23.8 Å². The Labute approximate surface area is 120 Å². The average molecular weight is 275 g/mol. The zero-order valence-corrected chi connectivity index (χ0v) is 12.6. The van der Waals surface area contributed by atoms with Crippen LogP contribution < -0.4 is 5.56 Å². The van der Waals surface area contributed by atoms with E-state index in [-0.39, 0.29) is 5.56 Å². The smallest absolute Gasteiger partial charge is 0.267 e. The summed E-state index contributed by atoms with van der Waals surface area (Å²) in [5.74, 6) is 0.606. The summed E-state index contributed by atoms with van der Waals surface area (Å²) in [6.45, 7) is 7.63.